The molecule has 0 bridgehead atoms. The smallest absolute Gasteiger partial charge is 0.110 e. The summed E-state index contributed by atoms with van der Waals surface area (Å²) in [4.78, 5) is 30.3. The van der Waals surface area contributed by atoms with Gasteiger partial charge in [-0.2, -0.15) is 0 Å². The van der Waals surface area contributed by atoms with Crippen molar-refractivity contribution in [3.8, 4) is 0 Å². The largest absolute Gasteiger partial charge is 0.549 e. The molecule has 0 aliphatic heterocycles. The van der Waals surface area contributed by atoms with E-state index in [0.29, 0.717) is 0 Å². The molecule has 0 radical (unpaired) electrons. The SMILES string of the molecule is O=C([O-])CS[C@H](C(=O)[O-])[C@@H](O)C(=O)[O-]. The van der Waals surface area contributed by atoms with Crippen LogP contribution in [-0.4, -0.2) is 40.1 Å². The molecule has 14 heavy (non-hydrogen) atoms. The summed E-state index contributed by atoms with van der Waals surface area (Å²) in [5, 5.41) is 37.1. The zero-order valence-electron chi connectivity index (χ0n) is 6.67. The van der Waals surface area contributed by atoms with E-state index in [1.54, 1.807) is 0 Å². The first-order chi connectivity index (χ1) is 6.36. The van der Waals surface area contributed by atoms with Crippen molar-refractivity contribution in [1.29, 1.82) is 0 Å². The molecule has 8 heteroatoms. The van der Waals surface area contributed by atoms with Crippen LogP contribution in [0.25, 0.3) is 0 Å². The normalized spacial score (nSPS) is 14.4. The average Bonchev–Trinajstić information content (AvgIpc) is 2.02. The number of hydrogen-bond donors (Lipinski definition) is 1. The third-order valence-electron chi connectivity index (χ3n) is 1.14. The zero-order chi connectivity index (χ0) is 11.3. The van der Waals surface area contributed by atoms with E-state index < -0.39 is 35.0 Å². The maximum atomic E-state index is 10.3. The predicted molar refractivity (Wildman–Crippen MR) is 37.3 cm³/mol. The minimum Gasteiger partial charge on any atom is -0.549 e. The highest BCUT2D eigenvalue weighted by Crippen LogP contribution is 2.13. The monoisotopic (exact) mass is 221 g/mol. The van der Waals surface area contributed by atoms with Crippen molar-refractivity contribution < 1.29 is 34.8 Å². The van der Waals surface area contributed by atoms with Crippen LogP contribution in [0.15, 0.2) is 0 Å². The van der Waals surface area contributed by atoms with Crippen molar-refractivity contribution in [1.82, 2.24) is 0 Å². The van der Waals surface area contributed by atoms with Gasteiger partial charge in [0, 0.05) is 5.75 Å². The van der Waals surface area contributed by atoms with Crippen molar-refractivity contribution in [2.45, 2.75) is 11.4 Å². The van der Waals surface area contributed by atoms with E-state index in [2.05, 4.69) is 0 Å². The molecule has 0 aliphatic rings. The lowest BCUT2D eigenvalue weighted by atomic mass is 10.2. The second kappa shape index (κ2) is 5.45. The number of aliphatic carboxylic acids is 3. The van der Waals surface area contributed by atoms with E-state index >= 15 is 0 Å². The molecule has 7 nitrogen and oxygen atoms in total. The molecule has 0 saturated carbocycles. The molecule has 0 fully saturated rings. The fourth-order valence-electron chi connectivity index (χ4n) is 0.570. The molecule has 0 aromatic rings. The molecule has 0 rings (SSSR count). The Morgan fingerprint density at radius 1 is 1.14 bits per heavy atom. The molecule has 0 aliphatic carbocycles. The Hall–Kier alpha value is -1.28. The number of carbonyl (C=O) groups excluding carboxylic acids is 3. The van der Waals surface area contributed by atoms with Gasteiger partial charge in [0.25, 0.3) is 0 Å². The molecule has 2 atom stereocenters. The van der Waals surface area contributed by atoms with Crippen molar-refractivity contribution in [3.63, 3.8) is 0 Å². The van der Waals surface area contributed by atoms with Crippen LogP contribution in [0.1, 0.15) is 0 Å². The standard InChI is InChI=1S/C6H8O7S/c7-2(8)1-14-4(6(12)13)3(9)5(10)11/h3-4,9H,1H2,(H,7,8)(H,10,11)(H,12,13)/p-3/t3-,4+/m1/s1. The van der Waals surface area contributed by atoms with Crippen LogP contribution in [0, 0.1) is 0 Å². The van der Waals surface area contributed by atoms with Crippen molar-refractivity contribution in [2.75, 3.05) is 5.75 Å². The van der Waals surface area contributed by atoms with Crippen LogP contribution >= 0.6 is 11.8 Å². The summed E-state index contributed by atoms with van der Waals surface area (Å²) in [6.07, 6.45) is -2.32. The van der Waals surface area contributed by atoms with Gasteiger partial charge in [0.2, 0.25) is 0 Å². The number of aliphatic hydroxyl groups is 1. The highest BCUT2D eigenvalue weighted by atomic mass is 32.2. The van der Waals surface area contributed by atoms with Gasteiger partial charge in [-0.25, -0.2) is 0 Å². The van der Waals surface area contributed by atoms with Gasteiger partial charge < -0.3 is 34.8 Å². The Labute approximate surface area is 82.3 Å². The molecular weight excluding hydrogens is 216 g/mol. The van der Waals surface area contributed by atoms with Gasteiger partial charge in [0.05, 0.1) is 23.2 Å². The van der Waals surface area contributed by atoms with Gasteiger partial charge in [0.15, 0.2) is 0 Å². The Morgan fingerprint density at radius 2 is 1.64 bits per heavy atom. The lowest BCUT2D eigenvalue weighted by molar-refractivity contribution is -0.322. The van der Waals surface area contributed by atoms with E-state index in [1.165, 1.54) is 0 Å². The van der Waals surface area contributed by atoms with E-state index in [0.717, 1.165) is 0 Å². The maximum absolute atomic E-state index is 10.3. The van der Waals surface area contributed by atoms with Crippen LogP contribution in [0.2, 0.25) is 0 Å². The summed E-state index contributed by atoms with van der Waals surface area (Å²) >= 11 is 0.179. The van der Waals surface area contributed by atoms with E-state index in [4.69, 9.17) is 5.11 Å². The third kappa shape index (κ3) is 4.10. The highest BCUT2D eigenvalue weighted by Gasteiger charge is 2.21. The van der Waals surface area contributed by atoms with Crippen LogP contribution in [0.4, 0.5) is 0 Å². The number of aliphatic hydroxyl groups excluding tert-OH is 1. The summed E-state index contributed by atoms with van der Waals surface area (Å²) in [5.41, 5.74) is 0. The number of carboxylic acid groups (broad SMARTS) is 3. The van der Waals surface area contributed by atoms with Gasteiger partial charge in [-0.05, 0) is 0 Å². The fourth-order valence-corrected chi connectivity index (χ4v) is 1.31. The number of rotatable bonds is 6. The van der Waals surface area contributed by atoms with Crippen LogP contribution in [-0.2, 0) is 14.4 Å². The summed E-state index contributed by atoms with van der Waals surface area (Å²) in [6.45, 7) is 0. The highest BCUT2D eigenvalue weighted by molar-refractivity contribution is 8.01. The molecule has 0 unspecified atom stereocenters. The lowest BCUT2D eigenvalue weighted by Gasteiger charge is -2.23. The van der Waals surface area contributed by atoms with Crippen molar-refractivity contribution in [2.24, 2.45) is 0 Å². The zero-order valence-corrected chi connectivity index (χ0v) is 7.48. The first kappa shape index (κ1) is 12.7. The van der Waals surface area contributed by atoms with Crippen molar-refractivity contribution in [3.05, 3.63) is 0 Å². The molecular formula is C6H5O7S-3. The van der Waals surface area contributed by atoms with Crippen LogP contribution in [0.3, 0.4) is 0 Å². The molecule has 0 saturated heterocycles. The molecule has 1 N–H and O–H groups in total. The van der Waals surface area contributed by atoms with E-state index in [1.807, 2.05) is 0 Å². The lowest BCUT2D eigenvalue weighted by Crippen LogP contribution is -2.50. The number of thioether (sulfide) groups is 1. The molecule has 0 amide bonds. The minimum absolute atomic E-state index is 0.179. The quantitative estimate of drug-likeness (QED) is 0.468. The Balaban J connectivity index is 4.37. The second-order valence-electron chi connectivity index (χ2n) is 2.19. The molecule has 80 valence electrons. The third-order valence-corrected chi connectivity index (χ3v) is 2.35. The van der Waals surface area contributed by atoms with Crippen LogP contribution < -0.4 is 15.3 Å². The van der Waals surface area contributed by atoms with Gasteiger partial charge >= 0.3 is 0 Å². The number of carboxylic acids is 3. The van der Waals surface area contributed by atoms with Crippen LogP contribution in [0.5, 0.6) is 0 Å². The number of hydrogen-bond acceptors (Lipinski definition) is 8. The van der Waals surface area contributed by atoms with E-state index in [-0.39, 0.29) is 11.8 Å². The summed E-state index contributed by atoms with van der Waals surface area (Å²) in [5.74, 6) is -6.23. The average molecular weight is 221 g/mol. The van der Waals surface area contributed by atoms with Crippen molar-refractivity contribution >= 4 is 29.7 Å². The van der Waals surface area contributed by atoms with Gasteiger partial charge in [-0.1, -0.05) is 0 Å². The first-order valence-corrected chi connectivity index (χ1v) is 4.32. The topological polar surface area (TPSA) is 141 Å². The second-order valence-corrected chi connectivity index (χ2v) is 3.32. The summed E-state index contributed by atoms with van der Waals surface area (Å²) < 4.78 is 0. The van der Waals surface area contributed by atoms with Gasteiger partial charge in [-0.15, -0.1) is 11.8 Å². The molecule has 0 heterocycles. The molecule has 0 spiro atoms. The maximum Gasteiger partial charge on any atom is 0.110 e. The fraction of sp³-hybridized carbons (Fsp3) is 0.500. The number of carbonyl (C=O) groups is 3. The first-order valence-electron chi connectivity index (χ1n) is 3.27. The summed E-state index contributed by atoms with van der Waals surface area (Å²) in [6, 6.07) is 0. The van der Waals surface area contributed by atoms with Gasteiger partial charge in [-0.3, -0.25) is 0 Å². The van der Waals surface area contributed by atoms with Gasteiger partial charge in [0.1, 0.15) is 6.10 Å². The Bertz CT molecular complexity index is 251. The molecule has 0 aromatic carbocycles. The Morgan fingerprint density at radius 3 is 1.93 bits per heavy atom. The Kier molecular flexibility index (Phi) is 4.95. The molecule has 0 aromatic heterocycles. The predicted octanol–water partition coefficient (Wildman–Crippen LogP) is -5.30. The summed E-state index contributed by atoms with van der Waals surface area (Å²) in [7, 11) is 0. The minimum atomic E-state index is -2.32. The van der Waals surface area contributed by atoms with E-state index in [9.17, 15) is 29.7 Å².